The molecule has 2 aromatic carbocycles. The number of nitrogens with one attached hydrogen (secondary N) is 3. The molecule has 4 aromatic rings. The molecule has 0 radical (unpaired) electrons. The van der Waals surface area contributed by atoms with E-state index in [1.165, 1.54) is 12.1 Å². The number of carbonyl (C=O) groups excluding carboxylic acids is 1. The molecule has 0 unspecified atom stereocenters. The summed E-state index contributed by atoms with van der Waals surface area (Å²) >= 11 is 0. The molecule has 0 bridgehead atoms. The predicted octanol–water partition coefficient (Wildman–Crippen LogP) is 4.45. The summed E-state index contributed by atoms with van der Waals surface area (Å²) in [6.07, 6.45) is 7.57. The first kappa shape index (κ1) is 24.9. The number of rotatable bonds is 7. The van der Waals surface area contributed by atoms with E-state index in [4.69, 9.17) is 4.98 Å². The Morgan fingerprint density at radius 3 is 2.54 bits per heavy atom. The van der Waals surface area contributed by atoms with Crippen LogP contribution >= 0.6 is 0 Å². The highest BCUT2D eigenvalue weighted by molar-refractivity contribution is 7.92. The third-order valence-corrected chi connectivity index (χ3v) is 8.58. The molecule has 6 rings (SSSR count). The highest BCUT2D eigenvalue weighted by atomic mass is 32.2. The fourth-order valence-electron chi connectivity index (χ4n) is 5.18. The number of fused-ring (bicyclic) bond motifs is 2. The maximum atomic E-state index is 13.0. The third-order valence-electron chi connectivity index (χ3n) is 7.18. The van der Waals surface area contributed by atoms with Crippen LogP contribution in [0.15, 0.2) is 59.8 Å². The van der Waals surface area contributed by atoms with Crippen LogP contribution in [0, 0.1) is 0 Å². The molecule has 0 saturated heterocycles. The minimum Gasteiger partial charge on any atom is -0.324 e. The average Bonchev–Trinajstić information content (AvgIpc) is 3.63. The van der Waals surface area contributed by atoms with Crippen LogP contribution in [0.1, 0.15) is 32.6 Å². The zero-order valence-corrected chi connectivity index (χ0v) is 22.4. The number of aromatic nitrogens is 4. The molecule has 39 heavy (non-hydrogen) atoms. The summed E-state index contributed by atoms with van der Waals surface area (Å²) in [7, 11) is -2.07. The Bertz CT molecular complexity index is 1630. The van der Waals surface area contributed by atoms with Crippen LogP contribution in [0.5, 0.6) is 0 Å². The first-order chi connectivity index (χ1) is 18.8. The lowest BCUT2D eigenvalue weighted by Crippen LogP contribution is -2.59. The van der Waals surface area contributed by atoms with E-state index in [2.05, 4.69) is 25.2 Å². The van der Waals surface area contributed by atoms with E-state index < -0.39 is 10.0 Å². The number of hydrogen-bond acceptors (Lipinski definition) is 8. The van der Waals surface area contributed by atoms with Gasteiger partial charge in [0, 0.05) is 24.7 Å². The Kier molecular flexibility index (Phi) is 6.22. The molecule has 202 valence electrons. The fraction of sp³-hybridized carbons (Fsp3) is 0.308. The van der Waals surface area contributed by atoms with Crippen LogP contribution < -0.4 is 19.9 Å². The molecule has 2 aliphatic rings. The fourth-order valence-corrected chi connectivity index (χ4v) is 6.23. The van der Waals surface area contributed by atoms with Crippen LogP contribution in [0.3, 0.4) is 0 Å². The van der Waals surface area contributed by atoms with Crippen LogP contribution in [0.25, 0.3) is 10.9 Å². The second-order valence-electron chi connectivity index (χ2n) is 9.67. The van der Waals surface area contributed by atoms with Gasteiger partial charge in [0.2, 0.25) is 5.95 Å². The summed E-state index contributed by atoms with van der Waals surface area (Å²) < 4.78 is 28.5. The van der Waals surface area contributed by atoms with Gasteiger partial charge in [-0.2, -0.15) is 10.1 Å². The zero-order valence-electron chi connectivity index (χ0n) is 21.6. The van der Waals surface area contributed by atoms with E-state index in [9.17, 15) is 13.2 Å². The Balaban J connectivity index is 1.23. The van der Waals surface area contributed by atoms with Gasteiger partial charge in [-0.1, -0.05) is 12.8 Å². The van der Waals surface area contributed by atoms with Crippen molar-refractivity contribution < 1.29 is 13.2 Å². The number of urea groups is 1. The number of H-pyrrole nitrogens is 1. The molecule has 1 saturated carbocycles. The second kappa shape index (κ2) is 9.73. The molecular weight excluding hydrogens is 518 g/mol. The van der Waals surface area contributed by atoms with E-state index in [1.807, 2.05) is 11.9 Å². The van der Waals surface area contributed by atoms with Crippen molar-refractivity contribution in [1.82, 2.24) is 25.2 Å². The number of benzene rings is 2. The minimum absolute atomic E-state index is 0.101. The standard InChI is InChI=1S/C26H29N9O3S/c1-3-34-26(36)33(2)23-16-27-25(30-24(23)35(34)20-6-4-5-7-20)29-18-10-12-21(13-11-18)39(37,38)32-19-9-8-17-15-28-31-22(17)14-19/h8-16,20,32H,3-7H2,1-2H3,(H,28,31)(H,27,29,30). The first-order valence-electron chi connectivity index (χ1n) is 12.9. The van der Waals surface area contributed by atoms with Crippen molar-refractivity contribution in [3.05, 3.63) is 54.9 Å². The molecule has 2 amide bonds. The number of amides is 2. The molecule has 13 heteroatoms. The van der Waals surface area contributed by atoms with Gasteiger partial charge >= 0.3 is 6.03 Å². The molecule has 2 aromatic heterocycles. The normalized spacial score (nSPS) is 16.2. The molecule has 3 N–H and O–H groups in total. The predicted molar refractivity (Wildman–Crippen MR) is 150 cm³/mol. The van der Waals surface area contributed by atoms with Crippen LogP contribution in [-0.4, -0.2) is 59.3 Å². The van der Waals surface area contributed by atoms with Gasteiger partial charge in [-0.15, -0.1) is 0 Å². The SMILES string of the molecule is CCN1C(=O)N(C)c2cnc(Nc3ccc(S(=O)(=O)Nc4ccc5cn[nH]c5c4)cc3)nc2N1C1CCCC1. The first-order valence-corrected chi connectivity index (χ1v) is 14.4. The molecule has 1 fully saturated rings. The molecule has 12 nitrogen and oxygen atoms in total. The number of carbonyl (C=O) groups is 1. The summed E-state index contributed by atoms with van der Waals surface area (Å²) in [5.41, 5.74) is 2.47. The molecule has 1 aliphatic heterocycles. The van der Waals surface area contributed by atoms with E-state index in [0.717, 1.165) is 36.6 Å². The number of anilines is 5. The Morgan fingerprint density at radius 2 is 1.79 bits per heavy atom. The molecule has 1 aliphatic carbocycles. The average molecular weight is 548 g/mol. The lowest BCUT2D eigenvalue weighted by Gasteiger charge is -2.45. The summed E-state index contributed by atoms with van der Waals surface area (Å²) in [6.45, 7) is 2.49. The van der Waals surface area contributed by atoms with E-state index in [0.29, 0.717) is 35.4 Å². The highest BCUT2D eigenvalue weighted by Gasteiger charge is 2.39. The maximum absolute atomic E-state index is 13.0. The van der Waals surface area contributed by atoms with Crippen molar-refractivity contribution in [2.24, 2.45) is 0 Å². The zero-order chi connectivity index (χ0) is 27.1. The van der Waals surface area contributed by atoms with E-state index in [-0.39, 0.29) is 17.0 Å². The summed E-state index contributed by atoms with van der Waals surface area (Å²) in [5.74, 6) is 1.04. The van der Waals surface area contributed by atoms with Gasteiger partial charge < -0.3 is 5.32 Å². The van der Waals surface area contributed by atoms with Gasteiger partial charge in [0.1, 0.15) is 5.69 Å². The van der Waals surface area contributed by atoms with E-state index in [1.54, 1.807) is 59.7 Å². The van der Waals surface area contributed by atoms with Crippen molar-refractivity contribution in [1.29, 1.82) is 0 Å². The number of hydrazine groups is 1. The van der Waals surface area contributed by atoms with Crippen molar-refractivity contribution >= 4 is 55.8 Å². The smallest absolute Gasteiger partial charge is 0.324 e. The molecular formula is C26H29N9O3S. The van der Waals surface area contributed by atoms with Gasteiger partial charge in [-0.3, -0.25) is 19.7 Å². The largest absolute Gasteiger partial charge is 0.343 e. The Labute approximate surface area is 226 Å². The van der Waals surface area contributed by atoms with Crippen molar-refractivity contribution in [2.75, 3.05) is 33.5 Å². The molecule has 0 atom stereocenters. The van der Waals surface area contributed by atoms with Gasteiger partial charge in [0.05, 0.1) is 34.5 Å². The molecule has 3 heterocycles. The lowest BCUT2D eigenvalue weighted by molar-refractivity contribution is 0.191. The lowest BCUT2D eigenvalue weighted by atomic mass is 10.2. The van der Waals surface area contributed by atoms with E-state index >= 15 is 0 Å². The monoisotopic (exact) mass is 547 g/mol. The second-order valence-corrected chi connectivity index (χ2v) is 11.4. The quantitative estimate of drug-likeness (QED) is 0.308. The van der Waals surface area contributed by atoms with Gasteiger partial charge in [0.25, 0.3) is 10.0 Å². The topological polar surface area (TPSA) is 139 Å². The Hall–Kier alpha value is -4.39. The maximum Gasteiger partial charge on any atom is 0.343 e. The summed E-state index contributed by atoms with van der Waals surface area (Å²) in [5, 5.41) is 14.6. The number of sulfonamides is 1. The van der Waals surface area contributed by atoms with Crippen molar-refractivity contribution in [3.8, 4) is 0 Å². The summed E-state index contributed by atoms with van der Waals surface area (Å²) in [6, 6.07) is 11.7. The van der Waals surface area contributed by atoms with Crippen LogP contribution in [0.2, 0.25) is 0 Å². The number of nitrogens with zero attached hydrogens (tertiary/aromatic N) is 6. The van der Waals surface area contributed by atoms with Gasteiger partial charge in [0.15, 0.2) is 5.82 Å². The van der Waals surface area contributed by atoms with Crippen LogP contribution in [0.4, 0.5) is 33.6 Å². The minimum atomic E-state index is -3.80. The molecule has 0 spiro atoms. The van der Waals surface area contributed by atoms with Gasteiger partial charge in [-0.25, -0.2) is 23.2 Å². The van der Waals surface area contributed by atoms with Gasteiger partial charge in [-0.05, 0) is 62.2 Å². The number of hydrogen-bond donors (Lipinski definition) is 3. The van der Waals surface area contributed by atoms with Crippen molar-refractivity contribution in [2.45, 2.75) is 43.5 Å². The number of aromatic amines is 1. The third kappa shape index (κ3) is 4.58. The Morgan fingerprint density at radius 1 is 1.05 bits per heavy atom. The van der Waals surface area contributed by atoms with Crippen LogP contribution in [-0.2, 0) is 10.0 Å². The van der Waals surface area contributed by atoms with Crippen molar-refractivity contribution in [3.63, 3.8) is 0 Å². The highest BCUT2D eigenvalue weighted by Crippen LogP contribution is 2.39. The summed E-state index contributed by atoms with van der Waals surface area (Å²) in [4.78, 5) is 23.9.